The van der Waals surface area contributed by atoms with Gasteiger partial charge in [-0.15, -0.1) is 0 Å². The molecule has 3 nitrogen and oxygen atoms in total. The molecule has 0 bridgehead atoms. The molecule has 1 N–H and O–H groups in total. The highest BCUT2D eigenvalue weighted by Gasteiger charge is 2.27. The molecule has 0 aliphatic rings. The van der Waals surface area contributed by atoms with E-state index in [9.17, 15) is 9.90 Å². The zero-order valence-electron chi connectivity index (χ0n) is 14.4. The second kappa shape index (κ2) is 8.66. The number of carbonyl (C=O) groups is 1. The normalized spacial score (nSPS) is 18.2. The molecule has 0 aromatic rings. The van der Waals surface area contributed by atoms with Crippen LogP contribution in [0.3, 0.4) is 0 Å². The SMILES string of the molecule is CCCC(C)CC(O)CC(C)C(C)C(=O)OC(C)(C)C. The summed E-state index contributed by atoms with van der Waals surface area (Å²) in [6, 6.07) is 0. The zero-order chi connectivity index (χ0) is 15.9. The number of hydrogen-bond donors (Lipinski definition) is 1. The van der Waals surface area contributed by atoms with Gasteiger partial charge in [-0.05, 0) is 45.4 Å². The summed E-state index contributed by atoms with van der Waals surface area (Å²) in [7, 11) is 0. The first kappa shape index (κ1) is 19.4. The van der Waals surface area contributed by atoms with E-state index in [0.29, 0.717) is 12.3 Å². The predicted molar refractivity (Wildman–Crippen MR) is 83.5 cm³/mol. The van der Waals surface area contributed by atoms with E-state index in [1.54, 1.807) is 0 Å². The Balaban J connectivity index is 4.24. The molecule has 0 aromatic heterocycles. The van der Waals surface area contributed by atoms with Gasteiger partial charge in [0.2, 0.25) is 0 Å². The van der Waals surface area contributed by atoms with Crippen molar-refractivity contribution in [2.45, 2.75) is 85.9 Å². The Morgan fingerprint density at radius 3 is 2.15 bits per heavy atom. The summed E-state index contributed by atoms with van der Waals surface area (Å²) in [5, 5.41) is 10.1. The van der Waals surface area contributed by atoms with E-state index >= 15 is 0 Å². The van der Waals surface area contributed by atoms with E-state index in [1.807, 2.05) is 34.6 Å². The molecule has 0 radical (unpaired) electrons. The lowest BCUT2D eigenvalue weighted by Gasteiger charge is -2.26. The number of aliphatic hydroxyl groups is 1. The van der Waals surface area contributed by atoms with Crippen LogP contribution in [0.1, 0.15) is 74.1 Å². The van der Waals surface area contributed by atoms with Gasteiger partial charge in [0.1, 0.15) is 5.60 Å². The van der Waals surface area contributed by atoms with Gasteiger partial charge in [-0.3, -0.25) is 4.79 Å². The molecule has 0 rings (SSSR count). The lowest BCUT2D eigenvalue weighted by molar-refractivity contribution is -0.161. The van der Waals surface area contributed by atoms with Gasteiger partial charge in [0, 0.05) is 0 Å². The first-order valence-electron chi connectivity index (χ1n) is 7.97. The van der Waals surface area contributed by atoms with Crippen molar-refractivity contribution in [3.8, 4) is 0 Å². The molecule has 3 heteroatoms. The summed E-state index contributed by atoms with van der Waals surface area (Å²) in [6.45, 7) is 13.9. The third-order valence-electron chi connectivity index (χ3n) is 3.73. The fourth-order valence-electron chi connectivity index (χ4n) is 2.43. The van der Waals surface area contributed by atoms with Crippen LogP contribution in [0.25, 0.3) is 0 Å². The molecule has 0 amide bonds. The van der Waals surface area contributed by atoms with Gasteiger partial charge in [-0.25, -0.2) is 0 Å². The van der Waals surface area contributed by atoms with E-state index in [1.165, 1.54) is 0 Å². The average molecular weight is 286 g/mol. The Hall–Kier alpha value is -0.570. The summed E-state index contributed by atoms with van der Waals surface area (Å²) in [5.74, 6) is 0.330. The van der Waals surface area contributed by atoms with Crippen molar-refractivity contribution < 1.29 is 14.6 Å². The highest BCUT2D eigenvalue weighted by molar-refractivity contribution is 5.72. The Labute approximate surface area is 125 Å². The van der Waals surface area contributed by atoms with E-state index in [2.05, 4.69) is 13.8 Å². The average Bonchev–Trinajstić information content (AvgIpc) is 2.25. The van der Waals surface area contributed by atoms with Gasteiger partial charge in [0.25, 0.3) is 0 Å². The van der Waals surface area contributed by atoms with Crippen molar-refractivity contribution in [2.24, 2.45) is 17.8 Å². The molecule has 20 heavy (non-hydrogen) atoms. The monoisotopic (exact) mass is 286 g/mol. The maximum atomic E-state index is 12.0. The van der Waals surface area contributed by atoms with Crippen molar-refractivity contribution in [2.75, 3.05) is 0 Å². The molecule has 0 aromatic carbocycles. The van der Waals surface area contributed by atoms with Gasteiger partial charge in [-0.1, -0.05) is 40.5 Å². The summed E-state index contributed by atoms with van der Waals surface area (Å²) in [5.41, 5.74) is -0.445. The standard InChI is InChI=1S/C17H34O3/c1-8-9-12(2)10-15(18)11-13(3)14(4)16(19)20-17(5,6)7/h12-15,18H,8-11H2,1-7H3. The Morgan fingerprint density at radius 1 is 1.15 bits per heavy atom. The number of rotatable bonds is 8. The van der Waals surface area contributed by atoms with E-state index in [0.717, 1.165) is 19.3 Å². The Bertz CT molecular complexity index is 280. The molecule has 4 atom stereocenters. The highest BCUT2D eigenvalue weighted by Crippen LogP contribution is 2.24. The van der Waals surface area contributed by atoms with Crippen LogP contribution in [0.15, 0.2) is 0 Å². The van der Waals surface area contributed by atoms with Crippen LogP contribution in [-0.4, -0.2) is 22.8 Å². The van der Waals surface area contributed by atoms with Crippen molar-refractivity contribution in [1.29, 1.82) is 0 Å². The molecule has 4 unspecified atom stereocenters. The Kier molecular flexibility index (Phi) is 8.41. The lowest BCUT2D eigenvalue weighted by atomic mass is 9.87. The number of hydrogen-bond acceptors (Lipinski definition) is 3. The highest BCUT2D eigenvalue weighted by atomic mass is 16.6. The first-order chi connectivity index (χ1) is 9.06. The molecular formula is C17H34O3. The van der Waals surface area contributed by atoms with Gasteiger partial charge >= 0.3 is 5.97 Å². The molecule has 0 aliphatic carbocycles. The molecule has 0 heterocycles. The second-order valence-corrected chi connectivity index (χ2v) is 7.32. The zero-order valence-corrected chi connectivity index (χ0v) is 14.4. The van der Waals surface area contributed by atoms with Crippen LogP contribution in [0.2, 0.25) is 0 Å². The number of ether oxygens (including phenoxy) is 1. The first-order valence-corrected chi connectivity index (χ1v) is 7.97. The summed E-state index contributed by atoms with van der Waals surface area (Å²) < 4.78 is 5.40. The quantitative estimate of drug-likeness (QED) is 0.681. The smallest absolute Gasteiger partial charge is 0.309 e. The molecule has 0 saturated carbocycles. The molecule has 0 aliphatic heterocycles. The molecular weight excluding hydrogens is 252 g/mol. The summed E-state index contributed by atoms with van der Waals surface area (Å²) in [6.07, 6.45) is 3.45. The maximum Gasteiger partial charge on any atom is 0.309 e. The molecule has 0 saturated heterocycles. The van der Waals surface area contributed by atoms with Gasteiger partial charge in [0.05, 0.1) is 12.0 Å². The van der Waals surface area contributed by atoms with E-state index in [-0.39, 0.29) is 23.9 Å². The van der Waals surface area contributed by atoms with Crippen LogP contribution < -0.4 is 0 Å². The topological polar surface area (TPSA) is 46.5 Å². The third kappa shape index (κ3) is 8.57. The number of aliphatic hydroxyl groups excluding tert-OH is 1. The van der Waals surface area contributed by atoms with E-state index < -0.39 is 5.60 Å². The number of carbonyl (C=O) groups excluding carboxylic acids is 1. The largest absolute Gasteiger partial charge is 0.460 e. The maximum absolute atomic E-state index is 12.0. The predicted octanol–water partition coefficient (Wildman–Crippen LogP) is 4.18. The summed E-state index contributed by atoms with van der Waals surface area (Å²) >= 11 is 0. The van der Waals surface area contributed by atoms with E-state index in [4.69, 9.17) is 4.74 Å². The van der Waals surface area contributed by atoms with Crippen molar-refractivity contribution >= 4 is 5.97 Å². The molecule has 0 spiro atoms. The Morgan fingerprint density at radius 2 is 1.70 bits per heavy atom. The third-order valence-corrected chi connectivity index (χ3v) is 3.73. The van der Waals surface area contributed by atoms with Crippen LogP contribution in [-0.2, 0) is 9.53 Å². The van der Waals surface area contributed by atoms with Crippen LogP contribution in [0, 0.1) is 17.8 Å². The van der Waals surface area contributed by atoms with Crippen molar-refractivity contribution in [3.63, 3.8) is 0 Å². The fourth-order valence-corrected chi connectivity index (χ4v) is 2.43. The van der Waals surface area contributed by atoms with Crippen LogP contribution in [0.4, 0.5) is 0 Å². The van der Waals surface area contributed by atoms with Gasteiger partial charge in [-0.2, -0.15) is 0 Å². The van der Waals surface area contributed by atoms with Gasteiger partial charge in [0.15, 0.2) is 0 Å². The molecule has 120 valence electrons. The number of esters is 1. The van der Waals surface area contributed by atoms with Crippen LogP contribution in [0.5, 0.6) is 0 Å². The fraction of sp³-hybridized carbons (Fsp3) is 0.941. The minimum Gasteiger partial charge on any atom is -0.460 e. The summed E-state index contributed by atoms with van der Waals surface area (Å²) in [4.78, 5) is 12.0. The van der Waals surface area contributed by atoms with Crippen molar-refractivity contribution in [1.82, 2.24) is 0 Å². The van der Waals surface area contributed by atoms with Crippen LogP contribution >= 0.6 is 0 Å². The van der Waals surface area contributed by atoms with Gasteiger partial charge < -0.3 is 9.84 Å². The minimum atomic E-state index is -0.445. The second-order valence-electron chi connectivity index (χ2n) is 7.32. The lowest BCUT2D eigenvalue weighted by Crippen LogP contribution is -2.31. The van der Waals surface area contributed by atoms with Crippen molar-refractivity contribution in [3.05, 3.63) is 0 Å². The minimum absolute atomic E-state index is 0.133. The molecule has 0 fully saturated rings.